The van der Waals surface area contributed by atoms with Gasteiger partial charge in [0.2, 0.25) is 6.54 Å². The minimum atomic E-state index is -0.333. The highest BCUT2D eigenvalue weighted by Gasteiger charge is 2.23. The average Bonchev–Trinajstić information content (AvgIpc) is 2.48. The Hall–Kier alpha value is -1.97. The van der Waals surface area contributed by atoms with E-state index in [0.717, 1.165) is 36.8 Å². The predicted octanol–water partition coefficient (Wildman–Crippen LogP) is 3.51. The molecule has 0 radical (unpaired) electrons. The maximum absolute atomic E-state index is 12.3. The van der Waals surface area contributed by atoms with Crippen LogP contribution in [0, 0.1) is 10.1 Å². The third-order valence-electron chi connectivity index (χ3n) is 3.72. The number of hydrogen-bond acceptors (Lipinski definition) is 3. The average molecular weight is 273 g/mol. The molecule has 1 atom stereocenters. The lowest BCUT2D eigenvalue weighted by Crippen LogP contribution is -2.18. The van der Waals surface area contributed by atoms with E-state index in [2.05, 4.69) is 0 Å². The zero-order chi connectivity index (χ0) is 14.4. The summed E-state index contributed by atoms with van der Waals surface area (Å²) in [5, 5.41) is 10.8. The van der Waals surface area contributed by atoms with Crippen molar-refractivity contribution < 1.29 is 9.72 Å². The van der Waals surface area contributed by atoms with E-state index >= 15 is 0 Å². The minimum absolute atomic E-state index is 0.0698. The lowest BCUT2D eigenvalue weighted by Gasteiger charge is -2.16. The highest BCUT2D eigenvalue weighted by Crippen LogP contribution is 2.25. The minimum Gasteiger partial charge on any atom is -0.295 e. The standard InChI is InChI=1S/C16H19NO3/c18-16(14-9-5-2-6-10-14)11-15(12-17(19)20)13-7-3-1-4-8-13/h1,3-4,7-9,15H,2,5-6,10-12H2. The molecule has 0 bridgehead atoms. The molecule has 0 spiro atoms. The van der Waals surface area contributed by atoms with Crippen molar-refractivity contribution in [2.45, 2.75) is 38.0 Å². The first kappa shape index (κ1) is 14.4. The number of ketones is 1. The molecule has 0 aliphatic heterocycles. The van der Waals surface area contributed by atoms with Crippen molar-refractivity contribution >= 4 is 5.78 Å². The van der Waals surface area contributed by atoms with Crippen molar-refractivity contribution in [2.24, 2.45) is 0 Å². The van der Waals surface area contributed by atoms with E-state index < -0.39 is 0 Å². The summed E-state index contributed by atoms with van der Waals surface area (Å²) in [6, 6.07) is 9.30. The van der Waals surface area contributed by atoms with E-state index in [0.29, 0.717) is 0 Å². The van der Waals surface area contributed by atoms with Crippen LogP contribution in [-0.2, 0) is 4.79 Å². The molecule has 1 aromatic carbocycles. The van der Waals surface area contributed by atoms with Gasteiger partial charge in [-0.3, -0.25) is 14.9 Å². The molecular weight excluding hydrogens is 254 g/mol. The highest BCUT2D eigenvalue weighted by molar-refractivity contribution is 5.95. The lowest BCUT2D eigenvalue weighted by molar-refractivity contribution is -0.483. The van der Waals surface area contributed by atoms with Crippen LogP contribution < -0.4 is 0 Å². The Kier molecular flexibility index (Phi) is 5.04. The van der Waals surface area contributed by atoms with Crippen LogP contribution in [-0.4, -0.2) is 17.3 Å². The fourth-order valence-electron chi connectivity index (χ4n) is 2.64. The molecule has 0 heterocycles. The van der Waals surface area contributed by atoms with Gasteiger partial charge in [-0.05, 0) is 36.8 Å². The number of nitro groups is 1. The first-order valence-electron chi connectivity index (χ1n) is 7.06. The van der Waals surface area contributed by atoms with Gasteiger partial charge in [0.1, 0.15) is 0 Å². The summed E-state index contributed by atoms with van der Waals surface area (Å²) in [5.74, 6) is -0.262. The van der Waals surface area contributed by atoms with Crippen molar-refractivity contribution in [3.05, 3.63) is 57.7 Å². The number of rotatable bonds is 6. The van der Waals surface area contributed by atoms with Crippen LogP contribution in [0.25, 0.3) is 0 Å². The molecule has 1 aliphatic rings. The van der Waals surface area contributed by atoms with E-state index in [4.69, 9.17) is 0 Å². The number of Topliss-reactive ketones (excluding diaryl/α,β-unsaturated/α-hetero) is 1. The Bertz CT molecular complexity index is 508. The summed E-state index contributed by atoms with van der Waals surface area (Å²) >= 11 is 0. The van der Waals surface area contributed by atoms with E-state index in [9.17, 15) is 14.9 Å². The van der Waals surface area contributed by atoms with E-state index in [1.54, 1.807) is 0 Å². The first-order valence-corrected chi connectivity index (χ1v) is 7.06. The van der Waals surface area contributed by atoms with Crippen LogP contribution in [0.5, 0.6) is 0 Å². The van der Waals surface area contributed by atoms with Crippen LogP contribution >= 0.6 is 0 Å². The van der Waals surface area contributed by atoms with Gasteiger partial charge in [0.05, 0.1) is 5.92 Å². The normalized spacial score (nSPS) is 16.3. The Balaban J connectivity index is 2.09. The topological polar surface area (TPSA) is 60.2 Å². The van der Waals surface area contributed by atoms with Crippen molar-refractivity contribution in [2.75, 3.05) is 6.54 Å². The number of allylic oxidation sites excluding steroid dienone is 2. The molecular formula is C16H19NO3. The van der Waals surface area contributed by atoms with Crippen LogP contribution in [0.4, 0.5) is 0 Å². The van der Waals surface area contributed by atoms with E-state index in [1.807, 2.05) is 36.4 Å². The zero-order valence-corrected chi connectivity index (χ0v) is 11.5. The maximum Gasteiger partial charge on any atom is 0.211 e. The van der Waals surface area contributed by atoms with Gasteiger partial charge in [-0.25, -0.2) is 0 Å². The Morgan fingerprint density at radius 2 is 2.00 bits per heavy atom. The molecule has 2 rings (SSSR count). The summed E-state index contributed by atoms with van der Waals surface area (Å²) in [7, 11) is 0. The van der Waals surface area contributed by atoms with E-state index in [-0.39, 0.29) is 29.6 Å². The van der Waals surface area contributed by atoms with E-state index in [1.165, 1.54) is 0 Å². The molecule has 0 amide bonds. The van der Waals surface area contributed by atoms with Crippen LogP contribution in [0.15, 0.2) is 42.0 Å². The summed E-state index contributed by atoms with van der Waals surface area (Å²) in [5.41, 5.74) is 1.73. The lowest BCUT2D eigenvalue weighted by atomic mass is 9.88. The molecule has 4 nitrogen and oxygen atoms in total. The van der Waals surface area contributed by atoms with Crippen LogP contribution in [0.1, 0.15) is 43.6 Å². The fraction of sp³-hybridized carbons (Fsp3) is 0.438. The summed E-state index contributed by atoms with van der Waals surface area (Å²) in [6.07, 6.45) is 6.18. The van der Waals surface area contributed by atoms with Gasteiger partial charge in [0, 0.05) is 11.3 Å². The predicted molar refractivity (Wildman–Crippen MR) is 77.2 cm³/mol. The Morgan fingerprint density at radius 3 is 2.60 bits per heavy atom. The molecule has 1 aromatic rings. The molecule has 0 N–H and O–H groups in total. The van der Waals surface area contributed by atoms with Gasteiger partial charge in [0.25, 0.3) is 0 Å². The van der Waals surface area contributed by atoms with Crippen molar-refractivity contribution in [3.8, 4) is 0 Å². The largest absolute Gasteiger partial charge is 0.295 e. The second-order valence-electron chi connectivity index (χ2n) is 5.23. The Morgan fingerprint density at radius 1 is 1.25 bits per heavy atom. The number of carbonyl (C=O) groups is 1. The monoisotopic (exact) mass is 273 g/mol. The van der Waals surface area contributed by atoms with Gasteiger partial charge < -0.3 is 0 Å². The summed E-state index contributed by atoms with van der Waals surface area (Å²) < 4.78 is 0. The molecule has 106 valence electrons. The summed E-state index contributed by atoms with van der Waals surface area (Å²) in [4.78, 5) is 22.8. The molecule has 0 saturated heterocycles. The number of benzene rings is 1. The second-order valence-corrected chi connectivity index (χ2v) is 5.23. The van der Waals surface area contributed by atoms with Gasteiger partial charge in [-0.15, -0.1) is 0 Å². The zero-order valence-electron chi connectivity index (χ0n) is 11.5. The molecule has 1 aliphatic carbocycles. The molecule has 0 aromatic heterocycles. The first-order chi connectivity index (χ1) is 9.66. The third-order valence-corrected chi connectivity index (χ3v) is 3.72. The smallest absolute Gasteiger partial charge is 0.211 e. The Labute approximate surface area is 118 Å². The fourth-order valence-corrected chi connectivity index (χ4v) is 2.64. The molecule has 0 fully saturated rings. The van der Waals surface area contributed by atoms with Gasteiger partial charge in [-0.1, -0.05) is 36.4 Å². The third kappa shape index (κ3) is 4.02. The second kappa shape index (κ2) is 6.98. The van der Waals surface area contributed by atoms with Crippen molar-refractivity contribution in [1.29, 1.82) is 0 Å². The van der Waals surface area contributed by atoms with Crippen molar-refractivity contribution in [3.63, 3.8) is 0 Å². The SMILES string of the molecule is O=C(CC(C[N+](=O)[O-])c1ccccc1)C1=CCCCC1. The van der Waals surface area contributed by atoms with Gasteiger partial charge in [0.15, 0.2) is 5.78 Å². The number of carbonyl (C=O) groups excluding carboxylic acids is 1. The molecule has 1 unspecified atom stereocenters. The molecule has 4 heteroatoms. The van der Waals surface area contributed by atoms with Gasteiger partial charge >= 0.3 is 0 Å². The summed E-state index contributed by atoms with van der Waals surface area (Å²) in [6.45, 7) is -0.191. The molecule has 0 saturated carbocycles. The maximum atomic E-state index is 12.3. The quantitative estimate of drug-likeness (QED) is 0.588. The van der Waals surface area contributed by atoms with Crippen molar-refractivity contribution in [1.82, 2.24) is 0 Å². The number of nitrogens with zero attached hydrogens (tertiary/aromatic N) is 1. The highest BCUT2D eigenvalue weighted by atomic mass is 16.6. The van der Waals surface area contributed by atoms with Crippen LogP contribution in [0.2, 0.25) is 0 Å². The van der Waals surface area contributed by atoms with Gasteiger partial charge in [-0.2, -0.15) is 0 Å². The van der Waals surface area contributed by atoms with Crippen LogP contribution in [0.3, 0.4) is 0 Å². The number of hydrogen-bond donors (Lipinski definition) is 0. The molecule has 20 heavy (non-hydrogen) atoms.